The average Bonchev–Trinajstić information content (AvgIpc) is 2.79. The predicted molar refractivity (Wildman–Crippen MR) is 67.7 cm³/mol. The van der Waals surface area contributed by atoms with Crippen molar-refractivity contribution < 1.29 is 0 Å². The molecule has 80 valence electrons. The van der Waals surface area contributed by atoms with Crippen molar-refractivity contribution in [1.82, 2.24) is 4.37 Å². The van der Waals surface area contributed by atoms with Gasteiger partial charge in [-0.3, -0.25) is 0 Å². The van der Waals surface area contributed by atoms with E-state index >= 15 is 0 Å². The molecule has 0 saturated carbocycles. The zero-order valence-electron chi connectivity index (χ0n) is 8.73. The van der Waals surface area contributed by atoms with Crippen LogP contribution in [0.1, 0.15) is 10.4 Å². The molecule has 2 aromatic heterocycles. The SMILES string of the molecule is Cc1c(N)nsc1N(C)Cc1cccs1. The van der Waals surface area contributed by atoms with E-state index in [1.807, 2.05) is 6.92 Å². The van der Waals surface area contributed by atoms with E-state index in [9.17, 15) is 0 Å². The molecule has 2 aromatic rings. The fourth-order valence-electron chi connectivity index (χ4n) is 1.40. The number of nitrogens with zero attached hydrogens (tertiary/aromatic N) is 2. The van der Waals surface area contributed by atoms with Gasteiger partial charge in [0, 0.05) is 17.5 Å². The second-order valence-electron chi connectivity index (χ2n) is 3.43. The molecule has 5 heteroatoms. The molecule has 0 aliphatic heterocycles. The summed E-state index contributed by atoms with van der Waals surface area (Å²) < 4.78 is 4.15. The highest BCUT2D eigenvalue weighted by molar-refractivity contribution is 7.11. The van der Waals surface area contributed by atoms with Crippen LogP contribution in [-0.2, 0) is 6.54 Å². The molecule has 0 bridgehead atoms. The second kappa shape index (κ2) is 4.20. The van der Waals surface area contributed by atoms with Gasteiger partial charge in [-0.25, -0.2) is 0 Å². The molecule has 0 aliphatic rings. The van der Waals surface area contributed by atoms with Gasteiger partial charge in [-0.15, -0.1) is 11.3 Å². The predicted octanol–water partition coefficient (Wildman–Crippen LogP) is 2.73. The van der Waals surface area contributed by atoms with E-state index < -0.39 is 0 Å². The molecule has 3 nitrogen and oxygen atoms in total. The molecule has 2 N–H and O–H groups in total. The van der Waals surface area contributed by atoms with Crippen LogP contribution in [0.15, 0.2) is 17.5 Å². The Labute approximate surface area is 97.3 Å². The average molecular weight is 239 g/mol. The molecule has 0 radical (unpaired) electrons. The summed E-state index contributed by atoms with van der Waals surface area (Å²) in [7, 11) is 2.07. The number of hydrogen-bond donors (Lipinski definition) is 1. The third kappa shape index (κ3) is 2.13. The maximum absolute atomic E-state index is 5.73. The summed E-state index contributed by atoms with van der Waals surface area (Å²) in [5.74, 6) is 0.646. The van der Waals surface area contributed by atoms with Crippen LogP contribution in [0.25, 0.3) is 0 Å². The molecule has 0 amide bonds. The van der Waals surface area contributed by atoms with Crippen LogP contribution in [0.5, 0.6) is 0 Å². The lowest BCUT2D eigenvalue weighted by Gasteiger charge is -2.16. The summed E-state index contributed by atoms with van der Waals surface area (Å²) in [6, 6.07) is 4.21. The maximum atomic E-state index is 5.73. The van der Waals surface area contributed by atoms with Gasteiger partial charge < -0.3 is 10.6 Å². The molecule has 15 heavy (non-hydrogen) atoms. The first-order valence-corrected chi connectivity index (χ1v) is 6.29. The molecule has 0 aliphatic carbocycles. The van der Waals surface area contributed by atoms with Crippen molar-refractivity contribution in [3.05, 3.63) is 28.0 Å². The van der Waals surface area contributed by atoms with Crippen molar-refractivity contribution in [2.75, 3.05) is 17.7 Å². The molecule has 0 atom stereocenters. The van der Waals surface area contributed by atoms with Crippen molar-refractivity contribution in [1.29, 1.82) is 0 Å². The highest BCUT2D eigenvalue weighted by Gasteiger charge is 2.11. The number of anilines is 2. The fraction of sp³-hybridized carbons (Fsp3) is 0.300. The van der Waals surface area contributed by atoms with Crippen molar-refractivity contribution in [3.8, 4) is 0 Å². The summed E-state index contributed by atoms with van der Waals surface area (Å²) in [5, 5.41) is 3.25. The van der Waals surface area contributed by atoms with E-state index in [4.69, 9.17) is 5.73 Å². The number of rotatable bonds is 3. The molecule has 0 spiro atoms. The number of nitrogens with two attached hydrogens (primary N) is 1. The molecule has 0 unspecified atom stereocenters. The standard InChI is InChI=1S/C10H13N3S2/c1-7-9(11)12-15-10(7)13(2)6-8-4-3-5-14-8/h3-5H,6H2,1-2H3,(H2,11,12). The molecule has 2 rings (SSSR count). The number of nitrogen functional groups attached to an aromatic ring is 1. The summed E-state index contributed by atoms with van der Waals surface area (Å²) in [4.78, 5) is 3.54. The van der Waals surface area contributed by atoms with Crippen LogP contribution in [0, 0.1) is 6.92 Å². The topological polar surface area (TPSA) is 42.1 Å². The third-order valence-electron chi connectivity index (χ3n) is 2.26. The number of hydrogen-bond acceptors (Lipinski definition) is 5. The Balaban J connectivity index is 2.14. The Morgan fingerprint density at radius 2 is 2.33 bits per heavy atom. The first kappa shape index (κ1) is 10.4. The van der Waals surface area contributed by atoms with Gasteiger partial charge in [0.1, 0.15) is 10.8 Å². The number of aromatic nitrogens is 1. The minimum atomic E-state index is 0.646. The smallest absolute Gasteiger partial charge is 0.142 e. The van der Waals surface area contributed by atoms with Crippen LogP contribution >= 0.6 is 22.9 Å². The lowest BCUT2D eigenvalue weighted by Crippen LogP contribution is -2.15. The van der Waals surface area contributed by atoms with Crippen molar-refractivity contribution in [2.24, 2.45) is 0 Å². The molecule has 2 heterocycles. The van der Waals surface area contributed by atoms with Gasteiger partial charge in [0.15, 0.2) is 0 Å². The van der Waals surface area contributed by atoms with E-state index in [-0.39, 0.29) is 0 Å². The maximum Gasteiger partial charge on any atom is 0.142 e. The van der Waals surface area contributed by atoms with E-state index in [0.29, 0.717) is 5.82 Å². The fourth-order valence-corrected chi connectivity index (χ4v) is 2.93. The van der Waals surface area contributed by atoms with Crippen molar-refractivity contribution in [2.45, 2.75) is 13.5 Å². The number of thiophene rings is 1. The highest BCUT2D eigenvalue weighted by atomic mass is 32.1. The van der Waals surface area contributed by atoms with Crippen molar-refractivity contribution >= 4 is 33.7 Å². The Bertz CT molecular complexity index is 433. The van der Waals surface area contributed by atoms with Gasteiger partial charge in [0.05, 0.1) is 6.54 Å². The van der Waals surface area contributed by atoms with Gasteiger partial charge in [-0.2, -0.15) is 4.37 Å². The van der Waals surface area contributed by atoms with Crippen LogP contribution < -0.4 is 10.6 Å². The zero-order chi connectivity index (χ0) is 10.8. The highest BCUT2D eigenvalue weighted by Crippen LogP contribution is 2.29. The first-order chi connectivity index (χ1) is 7.18. The molecule has 0 aromatic carbocycles. The minimum absolute atomic E-state index is 0.646. The summed E-state index contributed by atoms with van der Waals surface area (Å²) in [6.45, 7) is 2.93. The van der Waals surface area contributed by atoms with Gasteiger partial charge in [0.25, 0.3) is 0 Å². The van der Waals surface area contributed by atoms with Crippen LogP contribution in [-0.4, -0.2) is 11.4 Å². The molecule has 0 fully saturated rings. The van der Waals surface area contributed by atoms with Crippen LogP contribution in [0.4, 0.5) is 10.8 Å². The quantitative estimate of drug-likeness (QED) is 0.895. The van der Waals surface area contributed by atoms with Crippen LogP contribution in [0.3, 0.4) is 0 Å². The monoisotopic (exact) mass is 239 g/mol. The Morgan fingerprint density at radius 3 is 2.87 bits per heavy atom. The Morgan fingerprint density at radius 1 is 1.53 bits per heavy atom. The van der Waals surface area contributed by atoms with Gasteiger partial charge in [0.2, 0.25) is 0 Å². The second-order valence-corrected chi connectivity index (χ2v) is 5.22. The third-order valence-corrected chi connectivity index (χ3v) is 4.20. The lowest BCUT2D eigenvalue weighted by atomic mass is 10.3. The lowest BCUT2D eigenvalue weighted by molar-refractivity contribution is 0.948. The van der Waals surface area contributed by atoms with E-state index in [1.165, 1.54) is 16.4 Å². The molecular weight excluding hydrogens is 226 g/mol. The first-order valence-electron chi connectivity index (χ1n) is 4.63. The van der Waals surface area contributed by atoms with Gasteiger partial charge in [-0.05, 0) is 29.9 Å². The summed E-state index contributed by atoms with van der Waals surface area (Å²) in [6.07, 6.45) is 0. The summed E-state index contributed by atoms with van der Waals surface area (Å²) >= 11 is 3.23. The Hall–Kier alpha value is -1.07. The molecular formula is C10H13N3S2. The summed E-state index contributed by atoms with van der Waals surface area (Å²) in [5.41, 5.74) is 6.81. The zero-order valence-corrected chi connectivity index (χ0v) is 10.4. The van der Waals surface area contributed by atoms with Gasteiger partial charge >= 0.3 is 0 Å². The van der Waals surface area contributed by atoms with Crippen molar-refractivity contribution in [3.63, 3.8) is 0 Å². The molecule has 0 saturated heterocycles. The minimum Gasteiger partial charge on any atom is -0.383 e. The normalized spacial score (nSPS) is 10.5. The Kier molecular flexibility index (Phi) is 2.93. The van der Waals surface area contributed by atoms with E-state index in [0.717, 1.165) is 17.1 Å². The largest absolute Gasteiger partial charge is 0.383 e. The van der Waals surface area contributed by atoms with E-state index in [1.54, 1.807) is 11.3 Å². The van der Waals surface area contributed by atoms with Crippen LogP contribution in [0.2, 0.25) is 0 Å². The van der Waals surface area contributed by atoms with Gasteiger partial charge in [-0.1, -0.05) is 6.07 Å². The van der Waals surface area contributed by atoms with E-state index in [2.05, 4.69) is 33.8 Å².